The lowest BCUT2D eigenvalue weighted by molar-refractivity contribution is 0.238. The quantitative estimate of drug-likeness (QED) is 0.655. The van der Waals surface area contributed by atoms with Crippen LogP contribution in [-0.2, 0) is 0 Å². The normalized spacial score (nSPS) is 14.4. The number of likely N-dealkylation sites (N-methyl/N-ethyl adjacent to an activating group) is 3. The number of hydrogen-bond donors (Lipinski definition) is 1. The van der Waals surface area contributed by atoms with E-state index >= 15 is 0 Å². The molecule has 0 aliphatic heterocycles. The highest BCUT2D eigenvalue weighted by atomic mass is 15.2. The van der Waals surface area contributed by atoms with Crippen LogP contribution in [0.2, 0.25) is 0 Å². The molecule has 0 aromatic carbocycles. The van der Waals surface area contributed by atoms with Gasteiger partial charge < -0.3 is 15.1 Å². The van der Waals surface area contributed by atoms with E-state index < -0.39 is 0 Å². The maximum atomic E-state index is 3.36. The van der Waals surface area contributed by atoms with E-state index in [1.807, 2.05) is 7.05 Å². The van der Waals surface area contributed by atoms with Gasteiger partial charge in [0, 0.05) is 25.7 Å². The zero-order valence-electron chi connectivity index (χ0n) is 10.7. The molecule has 0 radical (unpaired) electrons. The van der Waals surface area contributed by atoms with Crippen molar-refractivity contribution in [3.8, 4) is 0 Å². The Hall–Kier alpha value is -0.120. The number of rotatable bonds is 7. The van der Waals surface area contributed by atoms with Crippen molar-refractivity contribution in [3.05, 3.63) is 0 Å². The van der Waals surface area contributed by atoms with Crippen molar-refractivity contribution in [2.75, 3.05) is 47.8 Å². The fraction of sp³-hybridized carbons (Fsp3) is 1.00. The molecule has 0 saturated carbocycles. The van der Waals surface area contributed by atoms with E-state index in [1.165, 1.54) is 0 Å². The van der Waals surface area contributed by atoms with Crippen molar-refractivity contribution in [1.82, 2.24) is 15.1 Å². The standard InChI is InChI=1S/C11H27N3/c1-10(2)11(12-3)9-14(6)8-7-13(4)5/h10-12H,7-9H2,1-6H3/t11-/m0/s1. The Morgan fingerprint density at radius 3 is 2.00 bits per heavy atom. The summed E-state index contributed by atoms with van der Waals surface area (Å²) in [5.41, 5.74) is 0. The molecule has 0 saturated heterocycles. The molecule has 14 heavy (non-hydrogen) atoms. The Kier molecular flexibility index (Phi) is 7.15. The van der Waals surface area contributed by atoms with Crippen LogP contribution in [0.15, 0.2) is 0 Å². The first-order valence-electron chi connectivity index (χ1n) is 5.48. The molecule has 0 aromatic rings. The molecule has 0 fully saturated rings. The topological polar surface area (TPSA) is 18.5 Å². The Morgan fingerprint density at radius 1 is 1.07 bits per heavy atom. The third-order valence-electron chi connectivity index (χ3n) is 2.61. The van der Waals surface area contributed by atoms with E-state index in [1.54, 1.807) is 0 Å². The fourth-order valence-electron chi connectivity index (χ4n) is 1.43. The summed E-state index contributed by atoms with van der Waals surface area (Å²) in [5.74, 6) is 0.696. The second-order valence-electron chi connectivity index (χ2n) is 4.70. The second kappa shape index (κ2) is 7.21. The Morgan fingerprint density at radius 2 is 1.64 bits per heavy atom. The molecule has 1 N–H and O–H groups in total. The first-order chi connectivity index (χ1) is 6.47. The average molecular weight is 201 g/mol. The Labute approximate surface area is 89.5 Å². The van der Waals surface area contributed by atoms with Gasteiger partial charge in [-0.15, -0.1) is 0 Å². The molecular formula is C11H27N3. The highest BCUT2D eigenvalue weighted by molar-refractivity contribution is 4.72. The molecule has 0 aromatic heterocycles. The molecule has 3 heteroatoms. The summed E-state index contributed by atoms with van der Waals surface area (Å²) >= 11 is 0. The van der Waals surface area contributed by atoms with Gasteiger partial charge in [-0.05, 0) is 34.1 Å². The van der Waals surface area contributed by atoms with Gasteiger partial charge in [-0.25, -0.2) is 0 Å². The molecule has 0 aliphatic rings. The van der Waals surface area contributed by atoms with Crippen LogP contribution < -0.4 is 5.32 Å². The second-order valence-corrected chi connectivity index (χ2v) is 4.70. The predicted octanol–water partition coefficient (Wildman–Crippen LogP) is 0.724. The van der Waals surface area contributed by atoms with E-state index in [-0.39, 0.29) is 0 Å². The van der Waals surface area contributed by atoms with Gasteiger partial charge in [0.15, 0.2) is 0 Å². The van der Waals surface area contributed by atoms with Crippen molar-refractivity contribution >= 4 is 0 Å². The molecule has 0 heterocycles. The van der Waals surface area contributed by atoms with Gasteiger partial charge >= 0.3 is 0 Å². The average Bonchev–Trinajstić information content (AvgIpc) is 2.10. The van der Waals surface area contributed by atoms with Crippen molar-refractivity contribution in [3.63, 3.8) is 0 Å². The monoisotopic (exact) mass is 201 g/mol. The van der Waals surface area contributed by atoms with Gasteiger partial charge in [0.05, 0.1) is 0 Å². The highest BCUT2D eigenvalue weighted by Crippen LogP contribution is 2.02. The van der Waals surface area contributed by atoms with Gasteiger partial charge in [-0.1, -0.05) is 13.8 Å². The van der Waals surface area contributed by atoms with Gasteiger partial charge in [0.1, 0.15) is 0 Å². The summed E-state index contributed by atoms with van der Waals surface area (Å²) in [7, 11) is 8.47. The first-order valence-corrected chi connectivity index (χ1v) is 5.48. The molecule has 0 spiro atoms. The van der Waals surface area contributed by atoms with Gasteiger partial charge in [0.25, 0.3) is 0 Å². The summed E-state index contributed by atoms with van der Waals surface area (Å²) in [6, 6.07) is 0.599. The van der Waals surface area contributed by atoms with Crippen LogP contribution >= 0.6 is 0 Å². The van der Waals surface area contributed by atoms with Crippen molar-refractivity contribution in [2.24, 2.45) is 5.92 Å². The number of nitrogens with one attached hydrogen (secondary N) is 1. The minimum Gasteiger partial charge on any atom is -0.315 e. The number of nitrogens with zero attached hydrogens (tertiary/aromatic N) is 2. The minimum absolute atomic E-state index is 0.599. The van der Waals surface area contributed by atoms with Crippen LogP contribution in [-0.4, -0.2) is 63.7 Å². The lowest BCUT2D eigenvalue weighted by atomic mass is 10.0. The van der Waals surface area contributed by atoms with E-state index in [9.17, 15) is 0 Å². The minimum atomic E-state index is 0.599. The molecule has 0 bridgehead atoms. The van der Waals surface area contributed by atoms with Gasteiger partial charge in [-0.3, -0.25) is 0 Å². The van der Waals surface area contributed by atoms with E-state index in [4.69, 9.17) is 0 Å². The third kappa shape index (κ3) is 6.35. The predicted molar refractivity (Wildman–Crippen MR) is 63.7 cm³/mol. The molecule has 0 amide bonds. The summed E-state index contributed by atoms with van der Waals surface area (Å²) in [6.45, 7) is 7.92. The maximum absolute atomic E-state index is 3.36. The molecule has 3 nitrogen and oxygen atoms in total. The molecule has 0 unspecified atom stereocenters. The molecule has 1 atom stereocenters. The molecule has 86 valence electrons. The third-order valence-corrected chi connectivity index (χ3v) is 2.61. The van der Waals surface area contributed by atoms with Crippen LogP contribution in [0, 0.1) is 5.92 Å². The smallest absolute Gasteiger partial charge is 0.0214 e. The zero-order valence-corrected chi connectivity index (χ0v) is 10.7. The lowest BCUT2D eigenvalue weighted by Crippen LogP contribution is -2.42. The first kappa shape index (κ1) is 13.9. The molecular weight excluding hydrogens is 174 g/mol. The summed E-state index contributed by atoms with van der Waals surface area (Å²) in [4.78, 5) is 4.61. The maximum Gasteiger partial charge on any atom is 0.0214 e. The summed E-state index contributed by atoms with van der Waals surface area (Å²) in [6.07, 6.45) is 0. The Bertz CT molecular complexity index is 134. The van der Waals surface area contributed by atoms with Crippen LogP contribution in [0.5, 0.6) is 0 Å². The van der Waals surface area contributed by atoms with Crippen molar-refractivity contribution < 1.29 is 0 Å². The van der Waals surface area contributed by atoms with Crippen LogP contribution in [0.1, 0.15) is 13.8 Å². The molecule has 0 rings (SSSR count). The van der Waals surface area contributed by atoms with E-state index in [0.29, 0.717) is 12.0 Å². The van der Waals surface area contributed by atoms with E-state index in [0.717, 1.165) is 19.6 Å². The van der Waals surface area contributed by atoms with Crippen LogP contribution in [0.4, 0.5) is 0 Å². The summed E-state index contributed by atoms with van der Waals surface area (Å²) < 4.78 is 0. The summed E-state index contributed by atoms with van der Waals surface area (Å²) in [5, 5.41) is 3.36. The van der Waals surface area contributed by atoms with Crippen molar-refractivity contribution in [2.45, 2.75) is 19.9 Å². The number of hydrogen-bond acceptors (Lipinski definition) is 3. The highest BCUT2D eigenvalue weighted by Gasteiger charge is 2.12. The van der Waals surface area contributed by atoms with Gasteiger partial charge in [-0.2, -0.15) is 0 Å². The fourth-order valence-corrected chi connectivity index (χ4v) is 1.43. The van der Waals surface area contributed by atoms with E-state index in [2.05, 4.69) is 50.1 Å². The zero-order chi connectivity index (χ0) is 11.1. The van der Waals surface area contributed by atoms with Crippen molar-refractivity contribution in [1.29, 1.82) is 0 Å². The SMILES string of the molecule is CN[C@@H](CN(C)CCN(C)C)C(C)C. The Balaban J connectivity index is 3.73. The van der Waals surface area contributed by atoms with Crippen LogP contribution in [0.3, 0.4) is 0 Å². The largest absolute Gasteiger partial charge is 0.315 e. The van der Waals surface area contributed by atoms with Gasteiger partial charge in [0.2, 0.25) is 0 Å². The van der Waals surface area contributed by atoms with Crippen LogP contribution in [0.25, 0.3) is 0 Å². The lowest BCUT2D eigenvalue weighted by Gasteiger charge is -2.27. The molecule has 0 aliphatic carbocycles.